The first-order valence-corrected chi connectivity index (χ1v) is 12.4. The van der Waals surface area contributed by atoms with Crippen LogP contribution in [0.4, 0.5) is 0 Å². The summed E-state index contributed by atoms with van der Waals surface area (Å²) >= 11 is 0. The Morgan fingerprint density at radius 2 is 1.54 bits per heavy atom. The molecule has 5 rings (SSSR count). The van der Waals surface area contributed by atoms with E-state index in [1.807, 2.05) is 12.1 Å². The molecule has 35 heavy (non-hydrogen) atoms. The van der Waals surface area contributed by atoms with Crippen molar-refractivity contribution in [1.29, 1.82) is 0 Å². The predicted molar refractivity (Wildman–Crippen MR) is 136 cm³/mol. The SMILES string of the molecule is COc1ccc(C2=C(C[NH+]3CCCCC3)C(Cc3ccccc3)c3ccccc3O2)cc1OC.[Cl-]. The number of halogens is 1. The molecule has 0 spiro atoms. The van der Waals surface area contributed by atoms with Gasteiger partial charge in [-0.2, -0.15) is 0 Å². The zero-order valence-electron chi connectivity index (χ0n) is 20.6. The molecule has 2 aliphatic rings. The Kier molecular flexibility index (Phi) is 8.37. The molecule has 0 aromatic heterocycles. The number of hydrogen-bond acceptors (Lipinski definition) is 3. The van der Waals surface area contributed by atoms with Crippen LogP contribution in [0.5, 0.6) is 17.2 Å². The summed E-state index contributed by atoms with van der Waals surface area (Å²) in [5.74, 6) is 3.64. The van der Waals surface area contributed by atoms with Crippen molar-refractivity contribution in [3.8, 4) is 17.2 Å². The average Bonchev–Trinajstić information content (AvgIpc) is 2.90. The van der Waals surface area contributed by atoms with Crippen molar-refractivity contribution < 1.29 is 31.5 Å². The van der Waals surface area contributed by atoms with Gasteiger partial charge in [-0.3, -0.25) is 0 Å². The van der Waals surface area contributed by atoms with E-state index in [4.69, 9.17) is 14.2 Å². The van der Waals surface area contributed by atoms with Gasteiger partial charge in [0, 0.05) is 22.6 Å². The smallest absolute Gasteiger partial charge is 0.161 e. The standard InChI is InChI=1S/C30H33NO3.ClH/c1-32-28-16-15-23(20-29(28)33-2)30-26(21-31-17-9-4-10-18-31)25(19-22-11-5-3-6-12-22)24-13-7-8-14-27(24)34-30;/h3,5-8,11-16,20,25H,4,9-10,17-19,21H2,1-2H3;1H. The highest BCUT2D eigenvalue weighted by atomic mass is 35.5. The number of likely N-dealkylation sites (tertiary alicyclic amines) is 1. The Hall–Kier alpha value is -2.95. The van der Waals surface area contributed by atoms with Crippen molar-refractivity contribution in [2.75, 3.05) is 33.9 Å². The van der Waals surface area contributed by atoms with Crippen molar-refractivity contribution in [1.82, 2.24) is 0 Å². The van der Waals surface area contributed by atoms with Gasteiger partial charge in [-0.15, -0.1) is 0 Å². The minimum absolute atomic E-state index is 0. The van der Waals surface area contributed by atoms with Crippen LogP contribution in [-0.4, -0.2) is 33.9 Å². The van der Waals surface area contributed by atoms with Crippen molar-refractivity contribution in [2.24, 2.45) is 0 Å². The Bertz CT molecular complexity index is 1160. The van der Waals surface area contributed by atoms with Crippen LogP contribution in [-0.2, 0) is 6.42 Å². The minimum Gasteiger partial charge on any atom is -1.00 e. The Balaban J connectivity index is 0.00000289. The summed E-state index contributed by atoms with van der Waals surface area (Å²) in [7, 11) is 3.36. The second-order valence-electron chi connectivity index (χ2n) is 9.29. The maximum Gasteiger partial charge on any atom is 0.161 e. The van der Waals surface area contributed by atoms with E-state index in [0.29, 0.717) is 0 Å². The molecule has 1 saturated heterocycles. The first-order valence-electron chi connectivity index (χ1n) is 12.4. The molecule has 0 aliphatic carbocycles. The van der Waals surface area contributed by atoms with Gasteiger partial charge in [0.05, 0.1) is 27.3 Å². The number of quaternary nitrogens is 1. The van der Waals surface area contributed by atoms with Gasteiger partial charge in [-0.25, -0.2) is 0 Å². The molecule has 1 unspecified atom stereocenters. The quantitative estimate of drug-likeness (QED) is 0.548. The number of fused-ring (bicyclic) bond motifs is 1. The summed E-state index contributed by atoms with van der Waals surface area (Å²) < 4.78 is 17.8. The van der Waals surface area contributed by atoms with Crippen molar-refractivity contribution >= 4 is 5.76 Å². The fraction of sp³-hybridized carbons (Fsp3) is 0.333. The lowest BCUT2D eigenvalue weighted by molar-refractivity contribution is -0.900. The third kappa shape index (κ3) is 5.50. The number of ether oxygens (including phenoxy) is 3. The van der Waals surface area contributed by atoms with Crippen LogP contribution in [0.2, 0.25) is 0 Å². The molecule has 5 heteroatoms. The van der Waals surface area contributed by atoms with Crippen molar-refractivity contribution in [2.45, 2.75) is 31.6 Å². The maximum atomic E-state index is 6.68. The lowest BCUT2D eigenvalue weighted by Gasteiger charge is -2.34. The zero-order chi connectivity index (χ0) is 23.3. The fourth-order valence-corrected chi connectivity index (χ4v) is 5.39. The Morgan fingerprint density at radius 3 is 2.29 bits per heavy atom. The normalized spacial score (nSPS) is 17.7. The molecule has 0 radical (unpaired) electrons. The molecule has 2 aliphatic heterocycles. The highest BCUT2D eigenvalue weighted by Gasteiger charge is 2.33. The lowest BCUT2D eigenvalue weighted by Crippen LogP contribution is -3.13. The maximum absolute atomic E-state index is 6.68. The fourth-order valence-electron chi connectivity index (χ4n) is 5.39. The summed E-state index contributed by atoms with van der Waals surface area (Å²) in [6.07, 6.45) is 4.91. The molecule has 0 saturated carbocycles. The highest BCUT2D eigenvalue weighted by molar-refractivity contribution is 5.72. The monoisotopic (exact) mass is 491 g/mol. The van der Waals surface area contributed by atoms with E-state index in [-0.39, 0.29) is 18.3 Å². The number of piperidine rings is 1. The summed E-state index contributed by atoms with van der Waals surface area (Å²) in [4.78, 5) is 1.65. The second kappa shape index (κ2) is 11.7. The van der Waals surface area contributed by atoms with Gasteiger partial charge >= 0.3 is 0 Å². The molecule has 4 nitrogen and oxygen atoms in total. The van der Waals surface area contributed by atoms with E-state index in [0.717, 1.165) is 41.5 Å². The number of methoxy groups -OCH3 is 2. The van der Waals surface area contributed by atoms with E-state index in [2.05, 4.69) is 60.7 Å². The largest absolute Gasteiger partial charge is 1.00 e. The van der Waals surface area contributed by atoms with E-state index >= 15 is 0 Å². The van der Waals surface area contributed by atoms with Gasteiger partial charge in [-0.05, 0) is 55.5 Å². The van der Waals surface area contributed by atoms with E-state index in [9.17, 15) is 0 Å². The number of benzene rings is 3. The third-order valence-electron chi connectivity index (χ3n) is 7.15. The molecule has 184 valence electrons. The van der Waals surface area contributed by atoms with Crippen LogP contribution in [0.1, 0.15) is 41.9 Å². The van der Waals surface area contributed by atoms with E-state index in [1.54, 1.807) is 19.1 Å². The molecule has 1 fully saturated rings. The summed E-state index contributed by atoms with van der Waals surface area (Å²) in [5.41, 5.74) is 5.05. The van der Waals surface area contributed by atoms with Gasteiger partial charge in [0.25, 0.3) is 0 Å². The lowest BCUT2D eigenvalue weighted by atomic mass is 9.81. The summed E-state index contributed by atoms with van der Waals surface area (Å²) in [5, 5.41) is 0. The van der Waals surface area contributed by atoms with Crippen LogP contribution >= 0.6 is 0 Å². The van der Waals surface area contributed by atoms with Gasteiger partial charge < -0.3 is 31.5 Å². The van der Waals surface area contributed by atoms with Crippen molar-refractivity contribution in [3.63, 3.8) is 0 Å². The van der Waals surface area contributed by atoms with E-state index < -0.39 is 0 Å². The molecular formula is C30H34ClNO3. The van der Waals surface area contributed by atoms with Crippen LogP contribution in [0.3, 0.4) is 0 Å². The molecule has 3 aromatic carbocycles. The number of rotatable bonds is 7. The molecule has 1 atom stereocenters. The Morgan fingerprint density at radius 1 is 0.829 bits per heavy atom. The predicted octanol–water partition coefficient (Wildman–Crippen LogP) is 1.91. The summed E-state index contributed by atoms with van der Waals surface area (Å²) in [6.45, 7) is 3.44. The van der Waals surface area contributed by atoms with Crippen LogP contribution in [0.15, 0.2) is 78.4 Å². The van der Waals surface area contributed by atoms with Gasteiger partial charge in [0.1, 0.15) is 18.1 Å². The van der Waals surface area contributed by atoms with Crippen LogP contribution < -0.4 is 31.5 Å². The van der Waals surface area contributed by atoms with Gasteiger partial charge in [0.2, 0.25) is 0 Å². The zero-order valence-corrected chi connectivity index (χ0v) is 21.3. The first-order chi connectivity index (χ1) is 16.8. The summed E-state index contributed by atoms with van der Waals surface area (Å²) in [6, 6.07) is 25.5. The average molecular weight is 492 g/mol. The second-order valence-corrected chi connectivity index (χ2v) is 9.29. The first kappa shape index (κ1) is 25.2. The minimum atomic E-state index is 0. The number of para-hydroxylation sites is 1. The molecular weight excluding hydrogens is 458 g/mol. The van der Waals surface area contributed by atoms with Crippen LogP contribution in [0, 0.1) is 0 Å². The number of nitrogens with one attached hydrogen (secondary N) is 1. The topological polar surface area (TPSA) is 32.1 Å². The third-order valence-corrected chi connectivity index (χ3v) is 7.15. The number of hydrogen-bond donors (Lipinski definition) is 1. The molecule has 1 N–H and O–H groups in total. The highest BCUT2D eigenvalue weighted by Crippen LogP contribution is 2.44. The molecule has 2 heterocycles. The van der Waals surface area contributed by atoms with Gasteiger partial charge in [0.15, 0.2) is 11.5 Å². The molecule has 3 aromatic rings. The van der Waals surface area contributed by atoms with E-state index in [1.165, 1.54) is 49.1 Å². The van der Waals surface area contributed by atoms with Crippen LogP contribution in [0.25, 0.3) is 5.76 Å². The van der Waals surface area contributed by atoms with Gasteiger partial charge in [-0.1, -0.05) is 48.5 Å². The Labute approximate surface area is 214 Å². The molecule has 0 bridgehead atoms. The van der Waals surface area contributed by atoms with Crippen molar-refractivity contribution in [3.05, 3.63) is 95.1 Å². The molecule has 0 amide bonds.